The number of fused-ring (bicyclic) bond motifs is 2. The molecule has 0 saturated heterocycles. The number of rotatable bonds is 6. The van der Waals surface area contributed by atoms with E-state index in [9.17, 15) is 9.59 Å². The number of hydrogen-bond acceptors (Lipinski definition) is 4. The standard InChI is InChI=1S/C25H27ClN2O3/c1-5-27(6-2)11-12-28-22(17-7-9-18(26)10-8-17)21-23(29)19-13-15(3)16(4)14-20(19)31-24(21)25(28)30/h7-10,13-14,22H,5-6,11-12H2,1-4H3/t22-/m1/s1. The summed E-state index contributed by atoms with van der Waals surface area (Å²) in [6, 6.07) is 10.6. The van der Waals surface area contributed by atoms with Crippen molar-refractivity contribution >= 4 is 28.5 Å². The molecule has 31 heavy (non-hydrogen) atoms. The third-order valence-electron chi connectivity index (χ3n) is 6.32. The Morgan fingerprint density at radius 3 is 2.32 bits per heavy atom. The lowest BCUT2D eigenvalue weighted by Crippen LogP contribution is -2.37. The molecule has 0 radical (unpaired) electrons. The first-order chi connectivity index (χ1) is 14.8. The van der Waals surface area contributed by atoms with Gasteiger partial charge >= 0.3 is 0 Å². The van der Waals surface area contributed by atoms with E-state index in [4.69, 9.17) is 16.0 Å². The summed E-state index contributed by atoms with van der Waals surface area (Å²) in [5.41, 5.74) is 3.63. The maximum Gasteiger partial charge on any atom is 0.290 e. The molecule has 0 bridgehead atoms. The Balaban J connectivity index is 1.89. The summed E-state index contributed by atoms with van der Waals surface area (Å²) < 4.78 is 6.07. The molecule has 3 aromatic rings. The van der Waals surface area contributed by atoms with Crippen molar-refractivity contribution in [2.24, 2.45) is 0 Å². The number of carbonyl (C=O) groups is 1. The van der Waals surface area contributed by atoms with Gasteiger partial charge in [0.15, 0.2) is 5.43 Å². The van der Waals surface area contributed by atoms with E-state index in [1.165, 1.54) is 0 Å². The molecular formula is C25H27ClN2O3. The van der Waals surface area contributed by atoms with Gasteiger partial charge in [0, 0.05) is 18.1 Å². The van der Waals surface area contributed by atoms with Crippen LogP contribution in [0.4, 0.5) is 0 Å². The molecule has 0 aliphatic carbocycles. The lowest BCUT2D eigenvalue weighted by Gasteiger charge is -2.28. The minimum atomic E-state index is -0.488. The van der Waals surface area contributed by atoms with Crippen LogP contribution in [0.1, 0.15) is 52.7 Å². The van der Waals surface area contributed by atoms with Crippen molar-refractivity contribution in [3.8, 4) is 0 Å². The highest BCUT2D eigenvalue weighted by atomic mass is 35.5. The highest BCUT2D eigenvalue weighted by Gasteiger charge is 2.42. The third-order valence-corrected chi connectivity index (χ3v) is 6.57. The van der Waals surface area contributed by atoms with Crippen LogP contribution in [0, 0.1) is 13.8 Å². The van der Waals surface area contributed by atoms with Crippen molar-refractivity contribution in [3.63, 3.8) is 0 Å². The zero-order valence-electron chi connectivity index (χ0n) is 18.4. The molecule has 0 fully saturated rings. The van der Waals surface area contributed by atoms with E-state index >= 15 is 0 Å². The topological polar surface area (TPSA) is 53.8 Å². The van der Waals surface area contributed by atoms with Crippen LogP contribution in [0.5, 0.6) is 0 Å². The molecule has 0 unspecified atom stereocenters. The molecule has 0 spiro atoms. The molecule has 1 amide bonds. The number of aryl methyl sites for hydroxylation is 2. The van der Waals surface area contributed by atoms with E-state index in [1.54, 1.807) is 17.0 Å². The van der Waals surface area contributed by atoms with E-state index in [0.717, 1.165) is 36.3 Å². The average molecular weight is 439 g/mol. The molecule has 0 saturated carbocycles. The van der Waals surface area contributed by atoms with Gasteiger partial charge in [-0.05, 0) is 67.9 Å². The fourth-order valence-electron chi connectivity index (χ4n) is 4.29. The van der Waals surface area contributed by atoms with Crippen LogP contribution < -0.4 is 5.43 Å². The number of carbonyl (C=O) groups excluding carboxylic acids is 1. The third kappa shape index (κ3) is 3.77. The molecule has 2 heterocycles. The van der Waals surface area contributed by atoms with E-state index in [0.29, 0.717) is 28.1 Å². The maximum absolute atomic E-state index is 13.6. The van der Waals surface area contributed by atoms with E-state index in [1.807, 2.05) is 38.1 Å². The molecule has 1 atom stereocenters. The van der Waals surface area contributed by atoms with Crippen LogP contribution in [0.3, 0.4) is 0 Å². The Morgan fingerprint density at radius 2 is 1.68 bits per heavy atom. The van der Waals surface area contributed by atoms with Gasteiger partial charge in [0.05, 0.1) is 17.0 Å². The van der Waals surface area contributed by atoms with Crippen LogP contribution in [-0.2, 0) is 0 Å². The summed E-state index contributed by atoms with van der Waals surface area (Å²) in [6.07, 6.45) is 0. The van der Waals surface area contributed by atoms with Crippen LogP contribution >= 0.6 is 11.6 Å². The molecule has 0 N–H and O–H groups in total. The van der Waals surface area contributed by atoms with Crippen molar-refractivity contribution in [2.75, 3.05) is 26.2 Å². The predicted molar refractivity (Wildman–Crippen MR) is 124 cm³/mol. The summed E-state index contributed by atoms with van der Waals surface area (Å²) in [7, 11) is 0. The second-order valence-electron chi connectivity index (χ2n) is 8.09. The Bertz CT molecular complexity index is 1200. The first-order valence-corrected chi connectivity index (χ1v) is 11.1. The van der Waals surface area contributed by atoms with Crippen LogP contribution in [-0.4, -0.2) is 41.9 Å². The van der Waals surface area contributed by atoms with Crippen LogP contribution in [0.25, 0.3) is 11.0 Å². The molecule has 1 aromatic heterocycles. The number of likely N-dealkylation sites (N-methyl/N-ethyl adjacent to an activating group) is 1. The summed E-state index contributed by atoms with van der Waals surface area (Å²) in [5.74, 6) is -0.0837. The van der Waals surface area contributed by atoms with Gasteiger partial charge in [0.2, 0.25) is 5.76 Å². The number of amides is 1. The van der Waals surface area contributed by atoms with Crippen molar-refractivity contribution in [3.05, 3.63) is 79.7 Å². The second-order valence-corrected chi connectivity index (χ2v) is 8.52. The molecular weight excluding hydrogens is 412 g/mol. The number of benzene rings is 2. The van der Waals surface area contributed by atoms with Gasteiger partial charge in [-0.15, -0.1) is 0 Å². The van der Waals surface area contributed by atoms with Gasteiger partial charge in [0.1, 0.15) is 5.58 Å². The van der Waals surface area contributed by atoms with Crippen molar-refractivity contribution in [2.45, 2.75) is 33.7 Å². The summed E-state index contributed by atoms with van der Waals surface area (Å²) >= 11 is 6.10. The van der Waals surface area contributed by atoms with Gasteiger partial charge in [0.25, 0.3) is 5.91 Å². The zero-order valence-corrected chi connectivity index (χ0v) is 19.1. The van der Waals surface area contributed by atoms with E-state index in [-0.39, 0.29) is 17.1 Å². The number of hydrogen-bond donors (Lipinski definition) is 0. The fourth-order valence-corrected chi connectivity index (χ4v) is 4.41. The quantitative estimate of drug-likeness (QED) is 0.546. The van der Waals surface area contributed by atoms with Crippen molar-refractivity contribution in [1.29, 1.82) is 0 Å². The van der Waals surface area contributed by atoms with Crippen molar-refractivity contribution in [1.82, 2.24) is 9.80 Å². The van der Waals surface area contributed by atoms with Gasteiger partial charge in [-0.1, -0.05) is 37.6 Å². The Hall–Kier alpha value is -2.63. The lowest BCUT2D eigenvalue weighted by atomic mass is 9.97. The highest BCUT2D eigenvalue weighted by Crippen LogP contribution is 2.38. The van der Waals surface area contributed by atoms with Gasteiger partial charge in [-0.3, -0.25) is 9.59 Å². The monoisotopic (exact) mass is 438 g/mol. The predicted octanol–water partition coefficient (Wildman–Crippen LogP) is 4.95. The lowest BCUT2D eigenvalue weighted by molar-refractivity contribution is 0.0708. The minimum Gasteiger partial charge on any atom is -0.450 e. The molecule has 162 valence electrons. The van der Waals surface area contributed by atoms with Gasteiger partial charge in [-0.2, -0.15) is 0 Å². The second kappa shape index (κ2) is 8.48. The highest BCUT2D eigenvalue weighted by molar-refractivity contribution is 6.30. The van der Waals surface area contributed by atoms with E-state index < -0.39 is 6.04 Å². The van der Waals surface area contributed by atoms with Gasteiger partial charge < -0.3 is 14.2 Å². The fraction of sp³-hybridized carbons (Fsp3) is 0.360. The minimum absolute atomic E-state index is 0.141. The molecule has 2 aromatic carbocycles. The maximum atomic E-state index is 13.6. The normalized spacial score (nSPS) is 15.9. The molecule has 1 aliphatic rings. The Labute approximate surface area is 187 Å². The largest absolute Gasteiger partial charge is 0.450 e. The van der Waals surface area contributed by atoms with Crippen LogP contribution in [0.2, 0.25) is 5.02 Å². The summed E-state index contributed by atoms with van der Waals surface area (Å²) in [4.78, 5) is 31.1. The SMILES string of the molecule is CCN(CC)CCN1C(=O)c2oc3cc(C)c(C)cc3c(=O)c2[C@H]1c1ccc(Cl)cc1. The Kier molecular flexibility index (Phi) is 5.91. The number of nitrogens with zero attached hydrogens (tertiary/aromatic N) is 2. The van der Waals surface area contributed by atoms with Crippen LogP contribution in [0.15, 0.2) is 45.6 Å². The van der Waals surface area contributed by atoms with Gasteiger partial charge in [-0.25, -0.2) is 0 Å². The zero-order chi connectivity index (χ0) is 22.3. The number of halogens is 1. The smallest absolute Gasteiger partial charge is 0.290 e. The first-order valence-electron chi connectivity index (χ1n) is 10.7. The summed E-state index contributed by atoms with van der Waals surface area (Å²) in [6.45, 7) is 11.2. The molecule has 5 nitrogen and oxygen atoms in total. The molecule has 6 heteroatoms. The van der Waals surface area contributed by atoms with E-state index in [2.05, 4.69) is 18.7 Å². The first kappa shape index (κ1) is 21.6. The Morgan fingerprint density at radius 1 is 1.03 bits per heavy atom. The molecule has 4 rings (SSSR count). The average Bonchev–Trinajstić information content (AvgIpc) is 3.03. The molecule has 1 aliphatic heterocycles. The van der Waals surface area contributed by atoms with Crippen molar-refractivity contribution < 1.29 is 9.21 Å². The summed E-state index contributed by atoms with van der Waals surface area (Å²) in [5, 5.41) is 1.12.